The van der Waals surface area contributed by atoms with Gasteiger partial charge in [-0.3, -0.25) is 37.3 Å². The highest BCUT2D eigenvalue weighted by atomic mass is 31.2. The van der Waals surface area contributed by atoms with Gasteiger partial charge < -0.3 is 33.8 Å². The van der Waals surface area contributed by atoms with Crippen LogP contribution in [0.15, 0.2) is 0 Å². The fourth-order valence-electron chi connectivity index (χ4n) is 12.1. The van der Waals surface area contributed by atoms with Crippen molar-refractivity contribution >= 4 is 39.5 Å². The van der Waals surface area contributed by atoms with Gasteiger partial charge in [0.1, 0.15) is 19.3 Å². The third-order valence-corrected chi connectivity index (χ3v) is 20.6. The normalized spacial score (nSPS) is 14.3. The highest BCUT2D eigenvalue weighted by Crippen LogP contribution is 2.45. The lowest BCUT2D eigenvalue weighted by molar-refractivity contribution is -0.161. The summed E-state index contributed by atoms with van der Waals surface area (Å²) in [7, 11) is -9.92. The summed E-state index contributed by atoms with van der Waals surface area (Å²) in [6.45, 7) is 11.9. The predicted octanol–water partition coefficient (Wildman–Crippen LogP) is 23.4. The maximum absolute atomic E-state index is 13.1. The van der Waals surface area contributed by atoms with Crippen LogP contribution in [-0.2, 0) is 65.4 Å². The molecule has 0 amide bonds. The second-order valence-corrected chi connectivity index (χ2v) is 32.6. The van der Waals surface area contributed by atoms with E-state index >= 15 is 0 Å². The van der Waals surface area contributed by atoms with Crippen molar-refractivity contribution in [3.8, 4) is 0 Å². The average molecular weight is 1440 g/mol. The van der Waals surface area contributed by atoms with Crippen molar-refractivity contribution in [2.75, 3.05) is 39.6 Å². The number of aliphatic hydroxyl groups excluding tert-OH is 1. The van der Waals surface area contributed by atoms with Crippen molar-refractivity contribution in [1.82, 2.24) is 0 Å². The van der Waals surface area contributed by atoms with Gasteiger partial charge in [-0.05, 0) is 43.4 Å². The molecule has 6 atom stereocenters. The molecule has 0 aliphatic rings. The number of carbonyl (C=O) groups is 4. The zero-order valence-electron chi connectivity index (χ0n) is 64.3. The topological polar surface area (TPSA) is 237 Å². The molecule has 0 heterocycles. The lowest BCUT2D eigenvalue weighted by Gasteiger charge is -2.21. The fourth-order valence-corrected chi connectivity index (χ4v) is 13.7. The fraction of sp³-hybridized carbons (Fsp3) is 0.949. The maximum Gasteiger partial charge on any atom is 0.472 e. The molecule has 0 saturated heterocycles. The highest BCUT2D eigenvalue weighted by molar-refractivity contribution is 7.47. The summed E-state index contributed by atoms with van der Waals surface area (Å²) in [5.41, 5.74) is 0. The molecule has 582 valence electrons. The van der Waals surface area contributed by atoms with Crippen LogP contribution in [0.2, 0.25) is 0 Å². The second kappa shape index (κ2) is 69.4. The van der Waals surface area contributed by atoms with E-state index in [1.54, 1.807) is 0 Å². The molecule has 19 heteroatoms. The summed E-state index contributed by atoms with van der Waals surface area (Å²) < 4.78 is 68.7. The van der Waals surface area contributed by atoms with Gasteiger partial charge in [0, 0.05) is 25.7 Å². The molecule has 0 fully saturated rings. The Morgan fingerprint density at radius 2 is 0.520 bits per heavy atom. The number of ether oxygens (including phenoxy) is 4. The van der Waals surface area contributed by atoms with E-state index in [2.05, 4.69) is 48.5 Å². The van der Waals surface area contributed by atoms with Crippen LogP contribution < -0.4 is 0 Å². The summed E-state index contributed by atoms with van der Waals surface area (Å²) in [5, 5.41) is 10.6. The number of unbranched alkanes of at least 4 members (excludes halogenated alkanes) is 44. The summed E-state index contributed by atoms with van der Waals surface area (Å²) in [6, 6.07) is 0. The molecule has 0 aliphatic carbocycles. The van der Waals surface area contributed by atoms with Crippen LogP contribution in [0.4, 0.5) is 0 Å². The van der Waals surface area contributed by atoms with E-state index in [0.717, 1.165) is 114 Å². The molecule has 0 spiro atoms. The van der Waals surface area contributed by atoms with Crippen LogP contribution in [0.25, 0.3) is 0 Å². The van der Waals surface area contributed by atoms with E-state index in [-0.39, 0.29) is 25.7 Å². The lowest BCUT2D eigenvalue weighted by Crippen LogP contribution is -2.30. The monoisotopic (exact) mass is 1440 g/mol. The van der Waals surface area contributed by atoms with E-state index in [1.807, 2.05) is 0 Å². The van der Waals surface area contributed by atoms with Crippen molar-refractivity contribution in [1.29, 1.82) is 0 Å². The number of esters is 4. The Hall–Kier alpha value is -1.94. The maximum atomic E-state index is 13.1. The summed E-state index contributed by atoms with van der Waals surface area (Å²) in [6.07, 6.45) is 56.9. The van der Waals surface area contributed by atoms with Gasteiger partial charge in [0.2, 0.25) is 0 Å². The highest BCUT2D eigenvalue weighted by Gasteiger charge is 2.30. The molecule has 3 unspecified atom stereocenters. The third-order valence-electron chi connectivity index (χ3n) is 18.7. The zero-order valence-corrected chi connectivity index (χ0v) is 66.0. The summed E-state index contributed by atoms with van der Waals surface area (Å²) >= 11 is 0. The van der Waals surface area contributed by atoms with Gasteiger partial charge in [0.15, 0.2) is 12.2 Å². The number of aliphatic hydroxyl groups is 1. The van der Waals surface area contributed by atoms with Crippen LogP contribution in [0, 0.1) is 17.8 Å². The van der Waals surface area contributed by atoms with Crippen molar-refractivity contribution in [3.63, 3.8) is 0 Å². The molecule has 98 heavy (non-hydrogen) atoms. The van der Waals surface area contributed by atoms with Crippen LogP contribution in [-0.4, -0.2) is 96.7 Å². The molecule has 3 N–H and O–H groups in total. The first kappa shape index (κ1) is 96.1. The molecule has 0 radical (unpaired) electrons. The largest absolute Gasteiger partial charge is 0.472 e. The Morgan fingerprint density at radius 3 is 0.776 bits per heavy atom. The Morgan fingerprint density at radius 1 is 0.296 bits per heavy atom. The number of carbonyl (C=O) groups excluding carboxylic acids is 4. The first-order valence-corrected chi connectivity index (χ1v) is 43.9. The van der Waals surface area contributed by atoms with E-state index in [4.69, 9.17) is 37.0 Å². The van der Waals surface area contributed by atoms with Gasteiger partial charge in [0.05, 0.1) is 26.4 Å². The minimum atomic E-state index is -4.96. The molecule has 0 bridgehead atoms. The molecular weight excluding hydrogens is 1280 g/mol. The molecule has 0 aromatic rings. The van der Waals surface area contributed by atoms with Gasteiger partial charge in [0.25, 0.3) is 0 Å². The molecule has 0 rings (SSSR count). The Kier molecular flexibility index (Phi) is 68.1. The number of phosphoric ester groups is 2. The summed E-state index contributed by atoms with van der Waals surface area (Å²) in [4.78, 5) is 73.0. The minimum absolute atomic E-state index is 0.106. The standard InChI is InChI=1S/C79H154O17P2/c1-8-10-11-12-13-14-15-16-17-18-19-23-28-33-38-46-53-60-76(81)89-66-74(95-78(83)62-55-48-39-34-29-24-21-20-22-26-31-36-43-50-57-70(3)4)68-93-97(85,86)91-64-73(80)65-92-98(87,88)94-69-75(67-90-77(82)61-54-47-42-41-45-52-59-72(7)9-2)96-79(84)63-56-49-40-35-30-25-27-32-37-44-51-58-71(5)6/h70-75,80H,8-69H2,1-7H3,(H,85,86)(H,87,88)/t72?,73-,74-,75-/m1/s1. The van der Waals surface area contributed by atoms with E-state index in [0.29, 0.717) is 25.7 Å². The van der Waals surface area contributed by atoms with Crippen LogP contribution >= 0.6 is 15.6 Å². The van der Waals surface area contributed by atoms with Crippen LogP contribution in [0.3, 0.4) is 0 Å². The van der Waals surface area contributed by atoms with Crippen LogP contribution in [0.5, 0.6) is 0 Å². The number of rotatable bonds is 77. The van der Waals surface area contributed by atoms with Gasteiger partial charge in [-0.15, -0.1) is 0 Å². The second-order valence-electron chi connectivity index (χ2n) is 29.6. The molecule has 0 aliphatic heterocycles. The molecule has 0 aromatic carbocycles. The summed E-state index contributed by atoms with van der Waals surface area (Å²) in [5.74, 6) is 0.177. The smallest absolute Gasteiger partial charge is 0.462 e. The van der Waals surface area contributed by atoms with Crippen molar-refractivity contribution in [2.24, 2.45) is 17.8 Å². The Bertz CT molecular complexity index is 1910. The van der Waals surface area contributed by atoms with Crippen molar-refractivity contribution in [2.45, 2.75) is 426 Å². The van der Waals surface area contributed by atoms with E-state index in [9.17, 15) is 43.2 Å². The van der Waals surface area contributed by atoms with E-state index < -0.39 is 97.5 Å². The molecule has 0 aromatic heterocycles. The minimum Gasteiger partial charge on any atom is -0.462 e. The van der Waals surface area contributed by atoms with Gasteiger partial charge >= 0.3 is 39.5 Å². The van der Waals surface area contributed by atoms with Gasteiger partial charge in [-0.25, -0.2) is 9.13 Å². The molecule has 17 nitrogen and oxygen atoms in total. The van der Waals surface area contributed by atoms with Gasteiger partial charge in [-0.1, -0.05) is 357 Å². The number of phosphoric acid groups is 2. The lowest BCUT2D eigenvalue weighted by atomic mass is 10.00. The number of hydrogen-bond acceptors (Lipinski definition) is 15. The zero-order chi connectivity index (χ0) is 72.3. The van der Waals surface area contributed by atoms with Crippen molar-refractivity contribution in [3.05, 3.63) is 0 Å². The SMILES string of the molecule is CCCCCCCCCCCCCCCCCCCC(=O)OC[C@H](COP(=O)(O)OC[C@@H](O)COP(=O)(O)OC[C@@H](COC(=O)CCCCCCCCC(C)CC)OC(=O)CCCCCCCCCCCCCC(C)C)OC(=O)CCCCCCCCCCCCCCCCC(C)C. The number of hydrogen-bond donors (Lipinski definition) is 3. The third kappa shape index (κ3) is 71.1. The van der Waals surface area contributed by atoms with Crippen LogP contribution in [0.1, 0.15) is 408 Å². The predicted molar refractivity (Wildman–Crippen MR) is 400 cm³/mol. The van der Waals surface area contributed by atoms with Gasteiger partial charge in [-0.2, -0.15) is 0 Å². The van der Waals surface area contributed by atoms with E-state index in [1.165, 1.54) is 212 Å². The van der Waals surface area contributed by atoms with Crippen molar-refractivity contribution < 1.29 is 80.2 Å². The Labute approximate surface area is 600 Å². The molecule has 0 saturated carbocycles. The average Bonchev–Trinajstić information content (AvgIpc) is 0.998. The first-order chi connectivity index (χ1) is 47.3. The quantitative estimate of drug-likeness (QED) is 0.0222. The molecular formula is C79H154O17P2. The first-order valence-electron chi connectivity index (χ1n) is 40.9. The Balaban J connectivity index is 5.25.